The monoisotopic (exact) mass is 420 g/mol. The summed E-state index contributed by atoms with van der Waals surface area (Å²) in [4.78, 5) is 11.9. The molecule has 2 nitrogen and oxygen atoms in total. The Kier molecular flexibility index (Phi) is 18.5. The molecular weight excluding hydrogens is 368 g/mol. The highest BCUT2D eigenvalue weighted by atomic mass is 16.3. The van der Waals surface area contributed by atoms with E-state index in [-0.39, 0.29) is 12.0 Å². The van der Waals surface area contributed by atoms with Crippen molar-refractivity contribution in [1.82, 2.24) is 0 Å². The quantitative estimate of drug-likeness (QED) is 0.158. The molecule has 1 N–H and O–H groups in total. The molecule has 1 rings (SSSR count). The summed E-state index contributed by atoms with van der Waals surface area (Å²) in [5.41, 5.74) is 0. The van der Waals surface area contributed by atoms with Crippen LogP contribution in [0.15, 0.2) is 12.2 Å². The van der Waals surface area contributed by atoms with Crippen LogP contribution in [0.1, 0.15) is 148 Å². The van der Waals surface area contributed by atoms with E-state index in [1.54, 1.807) is 0 Å². The Labute approximate surface area is 188 Å². The molecule has 1 aliphatic carbocycles. The minimum absolute atomic E-state index is 0.0517. The normalized spacial score (nSPS) is 18.3. The summed E-state index contributed by atoms with van der Waals surface area (Å²) in [6.45, 7) is 2.28. The molecule has 1 aliphatic rings. The number of carbonyl (C=O) groups excluding carboxylic acids is 1. The number of aliphatic hydroxyl groups is 1. The lowest BCUT2D eigenvalue weighted by Gasteiger charge is -2.25. The number of rotatable bonds is 20. The van der Waals surface area contributed by atoms with Gasteiger partial charge in [0.15, 0.2) is 0 Å². The van der Waals surface area contributed by atoms with E-state index in [0.29, 0.717) is 12.2 Å². The third kappa shape index (κ3) is 15.2. The van der Waals surface area contributed by atoms with Crippen LogP contribution < -0.4 is 0 Å². The summed E-state index contributed by atoms with van der Waals surface area (Å²) in [7, 11) is 0. The average molecular weight is 421 g/mol. The van der Waals surface area contributed by atoms with Crippen LogP contribution in [0.2, 0.25) is 0 Å². The van der Waals surface area contributed by atoms with Gasteiger partial charge < -0.3 is 5.11 Å². The lowest BCUT2D eigenvalue weighted by Crippen LogP contribution is -2.30. The molecule has 0 aromatic rings. The fourth-order valence-electron chi connectivity index (χ4n) is 4.75. The van der Waals surface area contributed by atoms with E-state index in [1.165, 1.54) is 103 Å². The first-order chi connectivity index (χ1) is 14.8. The zero-order valence-electron chi connectivity index (χ0n) is 20.2. The third-order valence-electron chi connectivity index (χ3n) is 6.83. The summed E-state index contributed by atoms with van der Waals surface area (Å²) in [5, 5.41) is 10.3. The number of Topliss-reactive ketones (excluding diaryl/α,β-unsaturated/α-hetero) is 1. The van der Waals surface area contributed by atoms with E-state index in [4.69, 9.17) is 0 Å². The van der Waals surface area contributed by atoms with Crippen LogP contribution >= 0.6 is 0 Å². The van der Waals surface area contributed by atoms with E-state index >= 15 is 0 Å². The first-order valence-electron chi connectivity index (χ1n) is 13.6. The van der Waals surface area contributed by atoms with Gasteiger partial charge in [-0.1, -0.05) is 109 Å². The lowest BCUT2D eigenvalue weighted by atomic mass is 9.82. The average Bonchev–Trinajstić information content (AvgIpc) is 2.75. The van der Waals surface area contributed by atoms with Crippen LogP contribution in [-0.2, 0) is 4.79 Å². The van der Waals surface area contributed by atoms with Gasteiger partial charge in [0.25, 0.3) is 0 Å². The van der Waals surface area contributed by atoms with Crippen LogP contribution in [0.3, 0.4) is 0 Å². The second-order valence-electron chi connectivity index (χ2n) is 9.67. The molecule has 0 aromatic carbocycles. The van der Waals surface area contributed by atoms with Gasteiger partial charge in [-0.2, -0.15) is 0 Å². The third-order valence-corrected chi connectivity index (χ3v) is 6.83. The molecule has 2 atom stereocenters. The number of hydrogen-bond donors (Lipinski definition) is 1. The zero-order chi connectivity index (χ0) is 21.7. The second-order valence-corrected chi connectivity index (χ2v) is 9.67. The summed E-state index contributed by atoms with van der Waals surface area (Å²) < 4.78 is 0. The molecule has 30 heavy (non-hydrogen) atoms. The largest absolute Gasteiger partial charge is 0.392 e. The second kappa shape index (κ2) is 20.3. The molecule has 0 bridgehead atoms. The van der Waals surface area contributed by atoms with Crippen LogP contribution in [0.4, 0.5) is 0 Å². The highest BCUT2D eigenvalue weighted by molar-refractivity contribution is 5.82. The van der Waals surface area contributed by atoms with Gasteiger partial charge in [-0.05, 0) is 44.9 Å². The van der Waals surface area contributed by atoms with Crippen molar-refractivity contribution in [3.63, 3.8) is 0 Å². The number of carbonyl (C=O) groups is 1. The molecule has 0 saturated heterocycles. The number of hydrogen-bond acceptors (Lipinski definition) is 2. The predicted molar refractivity (Wildman–Crippen MR) is 131 cm³/mol. The minimum atomic E-state index is -0.377. The Hall–Kier alpha value is -0.630. The Morgan fingerprint density at radius 3 is 1.80 bits per heavy atom. The van der Waals surface area contributed by atoms with Gasteiger partial charge >= 0.3 is 0 Å². The van der Waals surface area contributed by atoms with E-state index in [2.05, 4.69) is 19.1 Å². The van der Waals surface area contributed by atoms with E-state index in [1.807, 2.05) is 0 Å². The van der Waals surface area contributed by atoms with Crippen molar-refractivity contribution in [1.29, 1.82) is 0 Å². The molecule has 1 saturated carbocycles. The molecule has 0 amide bonds. The highest BCUT2D eigenvalue weighted by Crippen LogP contribution is 2.26. The Morgan fingerprint density at radius 2 is 1.27 bits per heavy atom. The summed E-state index contributed by atoms with van der Waals surface area (Å²) in [6.07, 6.45) is 31.7. The number of unbranched alkanes of at least 4 members (excludes halogenated alkanes) is 15. The molecule has 176 valence electrons. The van der Waals surface area contributed by atoms with Crippen molar-refractivity contribution in [2.24, 2.45) is 5.92 Å². The van der Waals surface area contributed by atoms with Gasteiger partial charge in [0, 0.05) is 12.3 Å². The molecule has 2 heteroatoms. The first kappa shape index (κ1) is 27.4. The van der Waals surface area contributed by atoms with Crippen molar-refractivity contribution in [3.8, 4) is 0 Å². The maximum Gasteiger partial charge on any atom is 0.138 e. The lowest BCUT2D eigenvalue weighted by molar-refractivity contribution is -0.128. The number of ketones is 1. The smallest absolute Gasteiger partial charge is 0.138 e. The standard InChI is InChI=1S/C28H52O2/c1-2-3-4-5-6-7-8-9-10-11-12-13-14-15-16-17-18-19-20-24-27(29)26-23-21-22-25-28(26)30/h9-10,26-27,29H,2-8,11-25H2,1H3/b10-9-/t26-,27-/m0/s1. The first-order valence-corrected chi connectivity index (χ1v) is 13.6. The fraction of sp³-hybridized carbons (Fsp3) is 0.893. The zero-order valence-corrected chi connectivity index (χ0v) is 20.2. The molecule has 0 radical (unpaired) electrons. The fourth-order valence-corrected chi connectivity index (χ4v) is 4.75. The van der Waals surface area contributed by atoms with Gasteiger partial charge in [0.2, 0.25) is 0 Å². The van der Waals surface area contributed by atoms with Crippen molar-refractivity contribution in [2.45, 2.75) is 154 Å². The SMILES string of the molecule is CCCCCCCC/C=C\CCCCCCCCCCC[C@H](O)[C@@H]1CCCCC1=O. The van der Waals surface area contributed by atoms with Crippen LogP contribution in [0.25, 0.3) is 0 Å². The van der Waals surface area contributed by atoms with E-state index < -0.39 is 0 Å². The summed E-state index contributed by atoms with van der Waals surface area (Å²) in [5.74, 6) is 0.256. The maximum absolute atomic E-state index is 11.9. The van der Waals surface area contributed by atoms with Crippen LogP contribution in [0.5, 0.6) is 0 Å². The van der Waals surface area contributed by atoms with Crippen molar-refractivity contribution in [3.05, 3.63) is 12.2 Å². The predicted octanol–water partition coefficient (Wildman–Crippen LogP) is 8.70. The molecule has 0 heterocycles. The minimum Gasteiger partial charge on any atom is -0.392 e. The summed E-state index contributed by atoms with van der Waals surface area (Å²) >= 11 is 0. The van der Waals surface area contributed by atoms with E-state index in [9.17, 15) is 9.90 Å². The highest BCUT2D eigenvalue weighted by Gasteiger charge is 2.28. The summed E-state index contributed by atoms with van der Waals surface area (Å²) in [6, 6.07) is 0. The number of allylic oxidation sites excluding steroid dienone is 2. The van der Waals surface area contributed by atoms with E-state index in [0.717, 1.165) is 32.1 Å². The van der Waals surface area contributed by atoms with Crippen molar-refractivity contribution >= 4 is 5.78 Å². The topological polar surface area (TPSA) is 37.3 Å². The van der Waals surface area contributed by atoms with Crippen LogP contribution in [-0.4, -0.2) is 17.0 Å². The van der Waals surface area contributed by atoms with Gasteiger partial charge in [0.05, 0.1) is 6.10 Å². The number of aliphatic hydroxyl groups excluding tert-OH is 1. The van der Waals surface area contributed by atoms with Gasteiger partial charge in [-0.25, -0.2) is 0 Å². The Morgan fingerprint density at radius 1 is 0.767 bits per heavy atom. The Bertz CT molecular complexity index is 415. The van der Waals surface area contributed by atoms with Crippen LogP contribution in [0, 0.1) is 5.92 Å². The molecule has 0 unspecified atom stereocenters. The van der Waals surface area contributed by atoms with Crippen molar-refractivity contribution in [2.75, 3.05) is 0 Å². The molecule has 0 aromatic heterocycles. The Balaban J connectivity index is 1.77. The molecular formula is C28H52O2. The van der Waals surface area contributed by atoms with Gasteiger partial charge in [-0.3, -0.25) is 4.79 Å². The van der Waals surface area contributed by atoms with Gasteiger partial charge in [0.1, 0.15) is 5.78 Å². The van der Waals surface area contributed by atoms with Crippen molar-refractivity contribution < 1.29 is 9.90 Å². The molecule has 0 aliphatic heterocycles. The molecule has 0 spiro atoms. The van der Waals surface area contributed by atoms with Gasteiger partial charge in [-0.15, -0.1) is 0 Å². The molecule has 1 fully saturated rings. The maximum atomic E-state index is 11.9.